The number of nitrogens with one attached hydrogen (secondary N) is 1. The lowest BCUT2D eigenvalue weighted by atomic mass is 9.92. The van der Waals surface area contributed by atoms with Crippen LogP contribution in [0.25, 0.3) is 5.78 Å². The number of rotatable bonds is 3. The molecule has 17 heavy (non-hydrogen) atoms. The van der Waals surface area contributed by atoms with Crippen molar-refractivity contribution in [1.82, 2.24) is 19.6 Å². The predicted molar refractivity (Wildman–Crippen MR) is 68.1 cm³/mol. The summed E-state index contributed by atoms with van der Waals surface area (Å²) >= 11 is 0. The van der Waals surface area contributed by atoms with Gasteiger partial charge in [0.15, 0.2) is 0 Å². The average molecular weight is 233 g/mol. The minimum absolute atomic E-state index is 0.330. The molecule has 0 unspecified atom stereocenters. The zero-order chi connectivity index (χ0) is 12.5. The van der Waals surface area contributed by atoms with Crippen LogP contribution in [0, 0.1) is 12.3 Å². The van der Waals surface area contributed by atoms with E-state index < -0.39 is 0 Å². The maximum Gasteiger partial charge on any atom is 0.254 e. The highest BCUT2D eigenvalue weighted by molar-refractivity contribution is 5.44. The molecule has 0 amide bonds. The molecule has 2 rings (SSSR count). The third-order valence-electron chi connectivity index (χ3n) is 2.56. The van der Waals surface area contributed by atoms with Gasteiger partial charge < -0.3 is 5.32 Å². The average Bonchev–Trinajstić information content (AvgIpc) is 2.63. The second kappa shape index (κ2) is 4.31. The van der Waals surface area contributed by atoms with Crippen LogP contribution in [-0.2, 0) is 0 Å². The van der Waals surface area contributed by atoms with Gasteiger partial charge in [0.1, 0.15) is 12.1 Å². The van der Waals surface area contributed by atoms with E-state index in [1.807, 2.05) is 13.0 Å². The summed E-state index contributed by atoms with van der Waals surface area (Å²) < 4.78 is 1.73. The van der Waals surface area contributed by atoms with Crippen molar-refractivity contribution in [3.63, 3.8) is 0 Å². The van der Waals surface area contributed by atoms with E-state index in [1.165, 1.54) is 6.33 Å². The normalized spacial score (nSPS) is 12.0. The molecule has 2 heterocycles. The largest absolute Gasteiger partial charge is 0.370 e. The van der Waals surface area contributed by atoms with Gasteiger partial charge in [0.05, 0.1) is 0 Å². The summed E-state index contributed by atoms with van der Waals surface area (Å²) in [6, 6.07) is 1.99. The molecule has 92 valence electrons. The van der Waals surface area contributed by atoms with Gasteiger partial charge in [-0.2, -0.15) is 14.6 Å². The molecule has 0 aromatic carbocycles. The summed E-state index contributed by atoms with van der Waals surface area (Å²) in [5, 5.41) is 7.55. The number of aryl methyl sites for hydroxylation is 1. The quantitative estimate of drug-likeness (QED) is 0.883. The summed E-state index contributed by atoms with van der Waals surface area (Å²) in [6.45, 7) is 9.58. The molecular formula is C12H19N5. The minimum atomic E-state index is 0.330. The first-order valence-electron chi connectivity index (χ1n) is 5.87. The Morgan fingerprint density at radius 3 is 2.82 bits per heavy atom. The fraction of sp³-hybridized carbons (Fsp3) is 0.583. The van der Waals surface area contributed by atoms with Crippen molar-refractivity contribution < 1.29 is 0 Å². The lowest BCUT2D eigenvalue weighted by molar-refractivity contribution is 0.389. The van der Waals surface area contributed by atoms with E-state index in [4.69, 9.17) is 0 Å². The van der Waals surface area contributed by atoms with Gasteiger partial charge in [-0.05, 0) is 18.8 Å². The summed E-state index contributed by atoms with van der Waals surface area (Å²) in [5.74, 6) is 1.59. The van der Waals surface area contributed by atoms with Crippen LogP contribution in [0.5, 0.6) is 0 Å². The van der Waals surface area contributed by atoms with E-state index in [1.54, 1.807) is 4.52 Å². The molecule has 2 aromatic heterocycles. The van der Waals surface area contributed by atoms with E-state index in [9.17, 15) is 0 Å². The third kappa shape index (κ3) is 2.93. The van der Waals surface area contributed by atoms with Crippen LogP contribution in [0.3, 0.4) is 0 Å². The Morgan fingerprint density at radius 1 is 1.35 bits per heavy atom. The number of aromatic nitrogens is 4. The van der Waals surface area contributed by atoms with Gasteiger partial charge in [-0.15, -0.1) is 0 Å². The predicted octanol–water partition coefficient (Wildman–Crippen LogP) is 2.28. The van der Waals surface area contributed by atoms with Gasteiger partial charge in [0.2, 0.25) is 0 Å². The van der Waals surface area contributed by atoms with Crippen molar-refractivity contribution in [2.24, 2.45) is 5.41 Å². The molecular weight excluding hydrogens is 214 g/mol. The van der Waals surface area contributed by atoms with Crippen LogP contribution in [0.1, 0.15) is 32.9 Å². The van der Waals surface area contributed by atoms with Crippen molar-refractivity contribution in [2.45, 2.75) is 34.1 Å². The summed E-state index contributed by atoms with van der Waals surface area (Å²) in [6.07, 6.45) is 2.63. The van der Waals surface area contributed by atoms with Crippen LogP contribution in [-0.4, -0.2) is 26.1 Å². The fourth-order valence-electron chi connectivity index (χ4n) is 1.62. The second-order valence-electron chi connectivity index (χ2n) is 5.49. The minimum Gasteiger partial charge on any atom is -0.370 e. The Hall–Kier alpha value is -1.65. The molecule has 0 aliphatic carbocycles. The van der Waals surface area contributed by atoms with Gasteiger partial charge in [-0.1, -0.05) is 20.8 Å². The molecule has 5 heteroatoms. The van der Waals surface area contributed by atoms with Crippen LogP contribution in [0.4, 0.5) is 5.82 Å². The van der Waals surface area contributed by atoms with Crippen LogP contribution in [0.2, 0.25) is 0 Å². The Balaban J connectivity index is 2.15. The van der Waals surface area contributed by atoms with E-state index in [2.05, 4.69) is 41.2 Å². The van der Waals surface area contributed by atoms with E-state index in [-0.39, 0.29) is 0 Å². The number of hydrogen-bond donors (Lipinski definition) is 1. The van der Waals surface area contributed by atoms with Gasteiger partial charge in [0.25, 0.3) is 5.78 Å². The summed E-state index contributed by atoms with van der Waals surface area (Å²) in [5.41, 5.74) is 1.28. The first-order valence-corrected chi connectivity index (χ1v) is 5.87. The van der Waals surface area contributed by atoms with Gasteiger partial charge in [-0.3, -0.25) is 0 Å². The molecule has 0 saturated heterocycles. The molecule has 1 N–H and O–H groups in total. The van der Waals surface area contributed by atoms with Crippen molar-refractivity contribution in [3.05, 3.63) is 18.1 Å². The maximum absolute atomic E-state index is 4.30. The van der Waals surface area contributed by atoms with E-state index in [0.717, 1.165) is 24.5 Å². The molecule has 0 fully saturated rings. The van der Waals surface area contributed by atoms with Crippen LogP contribution < -0.4 is 5.32 Å². The molecule has 0 aliphatic heterocycles. The first kappa shape index (κ1) is 11.8. The van der Waals surface area contributed by atoms with Crippen LogP contribution in [0.15, 0.2) is 12.4 Å². The smallest absolute Gasteiger partial charge is 0.254 e. The summed E-state index contributed by atoms with van der Waals surface area (Å²) in [7, 11) is 0. The molecule has 5 nitrogen and oxygen atoms in total. The first-order chi connectivity index (χ1) is 7.96. The standard InChI is InChI=1S/C12H19N5/c1-9-7-10(13-6-5-12(2,3)4)17-11(16-9)14-8-15-17/h7-8,13H,5-6H2,1-4H3. The molecule has 0 saturated carbocycles. The highest BCUT2D eigenvalue weighted by atomic mass is 15.3. The SMILES string of the molecule is Cc1cc(NCCC(C)(C)C)n2ncnc2n1. The number of hydrogen-bond acceptors (Lipinski definition) is 4. The Labute approximate surface area is 101 Å². The zero-order valence-electron chi connectivity index (χ0n) is 10.9. The lowest BCUT2D eigenvalue weighted by Gasteiger charge is -2.18. The molecule has 0 spiro atoms. The molecule has 0 atom stereocenters. The Kier molecular flexibility index (Phi) is 3.00. The Morgan fingerprint density at radius 2 is 2.12 bits per heavy atom. The van der Waals surface area contributed by atoms with Crippen molar-refractivity contribution in [1.29, 1.82) is 0 Å². The van der Waals surface area contributed by atoms with Crippen molar-refractivity contribution in [3.8, 4) is 0 Å². The van der Waals surface area contributed by atoms with Crippen LogP contribution >= 0.6 is 0 Å². The third-order valence-corrected chi connectivity index (χ3v) is 2.56. The maximum atomic E-state index is 4.30. The van der Waals surface area contributed by atoms with Crippen molar-refractivity contribution >= 4 is 11.6 Å². The lowest BCUT2D eigenvalue weighted by Crippen LogP contribution is -2.15. The number of fused-ring (bicyclic) bond motifs is 1. The highest BCUT2D eigenvalue weighted by Crippen LogP contribution is 2.18. The molecule has 2 aromatic rings. The topological polar surface area (TPSA) is 55.1 Å². The molecule has 0 radical (unpaired) electrons. The fourth-order valence-corrected chi connectivity index (χ4v) is 1.62. The Bertz CT molecular complexity index is 509. The van der Waals surface area contributed by atoms with Gasteiger partial charge >= 0.3 is 0 Å². The highest BCUT2D eigenvalue weighted by Gasteiger charge is 2.10. The summed E-state index contributed by atoms with van der Waals surface area (Å²) in [4.78, 5) is 8.40. The monoisotopic (exact) mass is 233 g/mol. The van der Waals surface area contributed by atoms with Gasteiger partial charge in [-0.25, -0.2) is 4.98 Å². The second-order valence-corrected chi connectivity index (χ2v) is 5.49. The number of anilines is 1. The number of nitrogens with zero attached hydrogens (tertiary/aromatic N) is 4. The van der Waals surface area contributed by atoms with E-state index >= 15 is 0 Å². The molecule has 0 bridgehead atoms. The van der Waals surface area contributed by atoms with Crippen molar-refractivity contribution in [2.75, 3.05) is 11.9 Å². The zero-order valence-corrected chi connectivity index (χ0v) is 10.9. The molecule has 0 aliphatic rings. The van der Waals surface area contributed by atoms with E-state index in [0.29, 0.717) is 11.2 Å². The van der Waals surface area contributed by atoms with Gasteiger partial charge in [0, 0.05) is 18.3 Å².